The molecule has 0 saturated carbocycles. The summed E-state index contributed by atoms with van der Waals surface area (Å²) in [4.78, 5) is 17.6. The van der Waals surface area contributed by atoms with Crippen molar-refractivity contribution in [3.05, 3.63) is 24.0 Å². The van der Waals surface area contributed by atoms with Gasteiger partial charge < -0.3 is 10.6 Å². The van der Waals surface area contributed by atoms with Crippen LogP contribution in [0.5, 0.6) is 0 Å². The fourth-order valence-corrected chi connectivity index (χ4v) is 1.33. The highest BCUT2D eigenvalue weighted by Gasteiger charge is 2.15. The third-order valence-corrected chi connectivity index (χ3v) is 2.43. The lowest BCUT2D eigenvalue weighted by Crippen LogP contribution is -2.29. The summed E-state index contributed by atoms with van der Waals surface area (Å²) < 4.78 is 0. The summed E-state index contributed by atoms with van der Waals surface area (Å²) in [6.45, 7) is 4.99. The number of nitrogens with two attached hydrogens (primary N) is 1. The molecule has 0 fully saturated rings. The highest BCUT2D eigenvalue weighted by Crippen LogP contribution is 2.10. The number of rotatable bonds is 4. The number of carbonyl (C=O) groups excluding carboxylic acids is 1. The van der Waals surface area contributed by atoms with E-state index in [1.54, 1.807) is 30.3 Å². The summed E-state index contributed by atoms with van der Waals surface area (Å²) >= 11 is 0. The Hall–Kier alpha value is -1.58. The smallest absolute Gasteiger partial charge is 0.274 e. The first-order chi connectivity index (χ1) is 7.52. The number of anilines is 1. The van der Waals surface area contributed by atoms with E-state index in [1.165, 1.54) is 0 Å². The van der Waals surface area contributed by atoms with E-state index in [4.69, 9.17) is 5.73 Å². The molecule has 0 radical (unpaired) electrons. The predicted octanol–water partition coefficient (Wildman–Crippen LogP) is 1.78. The van der Waals surface area contributed by atoms with Gasteiger partial charge >= 0.3 is 0 Å². The van der Waals surface area contributed by atoms with Crippen molar-refractivity contribution >= 4 is 11.6 Å². The van der Waals surface area contributed by atoms with E-state index in [0.717, 1.165) is 13.0 Å². The lowest BCUT2D eigenvalue weighted by molar-refractivity contribution is 0.0784. The summed E-state index contributed by atoms with van der Waals surface area (Å²) in [6, 6.07) is 3.41. The van der Waals surface area contributed by atoms with Crippen LogP contribution in [0.1, 0.15) is 30.8 Å². The predicted molar refractivity (Wildman–Crippen MR) is 65.1 cm³/mol. The fraction of sp³-hybridized carbons (Fsp3) is 0.500. The molecule has 0 aliphatic heterocycles. The van der Waals surface area contributed by atoms with Crippen LogP contribution in [0.2, 0.25) is 0 Å². The number of pyridine rings is 1. The fourth-order valence-electron chi connectivity index (χ4n) is 1.33. The Morgan fingerprint density at radius 1 is 1.56 bits per heavy atom. The van der Waals surface area contributed by atoms with E-state index >= 15 is 0 Å². The lowest BCUT2D eigenvalue weighted by atomic mass is 10.1. The minimum Gasteiger partial charge on any atom is -0.397 e. The van der Waals surface area contributed by atoms with Crippen LogP contribution in [0.4, 0.5) is 5.69 Å². The maximum Gasteiger partial charge on any atom is 0.274 e. The number of aromatic nitrogens is 1. The molecule has 0 atom stereocenters. The SMILES string of the molecule is CC(C)CCN(C)C(=O)c1ncccc1N. The molecule has 0 aliphatic carbocycles. The second kappa shape index (κ2) is 5.49. The van der Waals surface area contributed by atoms with Gasteiger partial charge in [-0.25, -0.2) is 4.98 Å². The third kappa shape index (κ3) is 3.22. The molecule has 1 aromatic heterocycles. The first kappa shape index (κ1) is 12.5. The van der Waals surface area contributed by atoms with Gasteiger partial charge in [0.05, 0.1) is 5.69 Å². The molecule has 0 unspecified atom stereocenters. The quantitative estimate of drug-likeness (QED) is 0.843. The molecule has 0 aromatic carbocycles. The monoisotopic (exact) mass is 221 g/mol. The zero-order valence-electron chi connectivity index (χ0n) is 10.1. The summed E-state index contributed by atoms with van der Waals surface area (Å²) in [5.41, 5.74) is 6.48. The molecule has 1 heterocycles. The van der Waals surface area contributed by atoms with Crippen molar-refractivity contribution in [3.8, 4) is 0 Å². The van der Waals surface area contributed by atoms with Crippen molar-refractivity contribution in [1.82, 2.24) is 9.88 Å². The second-order valence-electron chi connectivity index (χ2n) is 4.35. The van der Waals surface area contributed by atoms with Gasteiger partial charge in [-0.3, -0.25) is 4.79 Å². The van der Waals surface area contributed by atoms with Crippen LogP contribution >= 0.6 is 0 Å². The summed E-state index contributed by atoms with van der Waals surface area (Å²) in [5, 5.41) is 0. The maximum absolute atomic E-state index is 12.0. The molecule has 88 valence electrons. The van der Waals surface area contributed by atoms with Crippen molar-refractivity contribution in [2.75, 3.05) is 19.3 Å². The maximum atomic E-state index is 12.0. The van der Waals surface area contributed by atoms with Crippen LogP contribution in [-0.2, 0) is 0 Å². The van der Waals surface area contributed by atoms with Gasteiger partial charge in [0.1, 0.15) is 0 Å². The van der Waals surface area contributed by atoms with Crippen LogP contribution in [0, 0.1) is 5.92 Å². The largest absolute Gasteiger partial charge is 0.397 e. The van der Waals surface area contributed by atoms with E-state index < -0.39 is 0 Å². The van der Waals surface area contributed by atoms with Crippen molar-refractivity contribution in [2.24, 2.45) is 5.92 Å². The number of hydrogen-bond donors (Lipinski definition) is 1. The Kier molecular flexibility index (Phi) is 4.28. The molecule has 2 N–H and O–H groups in total. The normalized spacial score (nSPS) is 10.5. The first-order valence-electron chi connectivity index (χ1n) is 5.48. The van der Waals surface area contributed by atoms with Crippen molar-refractivity contribution in [3.63, 3.8) is 0 Å². The Morgan fingerprint density at radius 3 is 2.81 bits per heavy atom. The molecular formula is C12H19N3O. The Morgan fingerprint density at radius 2 is 2.25 bits per heavy atom. The highest BCUT2D eigenvalue weighted by molar-refractivity contribution is 5.96. The van der Waals surface area contributed by atoms with Gasteiger partial charge in [0, 0.05) is 19.8 Å². The lowest BCUT2D eigenvalue weighted by Gasteiger charge is -2.18. The van der Waals surface area contributed by atoms with Crippen LogP contribution in [0.25, 0.3) is 0 Å². The number of nitrogen functional groups attached to an aromatic ring is 1. The Bertz CT molecular complexity index is 363. The molecule has 4 heteroatoms. The molecule has 0 spiro atoms. The zero-order chi connectivity index (χ0) is 12.1. The average molecular weight is 221 g/mol. The van der Waals surface area contributed by atoms with Gasteiger partial charge in [-0.1, -0.05) is 13.8 Å². The summed E-state index contributed by atoms with van der Waals surface area (Å²) in [7, 11) is 1.78. The van der Waals surface area contributed by atoms with Crippen LogP contribution in [-0.4, -0.2) is 29.4 Å². The molecular weight excluding hydrogens is 202 g/mol. The molecule has 0 saturated heterocycles. The van der Waals surface area contributed by atoms with Crippen LogP contribution < -0.4 is 5.73 Å². The number of hydrogen-bond acceptors (Lipinski definition) is 3. The van der Waals surface area contributed by atoms with E-state index in [2.05, 4.69) is 18.8 Å². The second-order valence-corrected chi connectivity index (χ2v) is 4.35. The van der Waals surface area contributed by atoms with Gasteiger partial charge in [-0.2, -0.15) is 0 Å². The van der Waals surface area contributed by atoms with E-state index in [0.29, 0.717) is 17.3 Å². The van der Waals surface area contributed by atoms with E-state index in [-0.39, 0.29) is 5.91 Å². The minimum atomic E-state index is -0.112. The standard InChI is InChI=1S/C12H19N3O/c1-9(2)6-8-15(3)12(16)11-10(13)5-4-7-14-11/h4-5,7,9H,6,8,13H2,1-3H3. The molecule has 1 rings (SSSR count). The van der Waals surface area contributed by atoms with Crippen LogP contribution in [0.15, 0.2) is 18.3 Å². The van der Waals surface area contributed by atoms with Gasteiger partial charge in [0.2, 0.25) is 0 Å². The van der Waals surface area contributed by atoms with Crippen molar-refractivity contribution in [1.29, 1.82) is 0 Å². The van der Waals surface area contributed by atoms with E-state index in [1.807, 2.05) is 0 Å². The van der Waals surface area contributed by atoms with Gasteiger partial charge in [0.25, 0.3) is 5.91 Å². The first-order valence-corrected chi connectivity index (χ1v) is 5.48. The van der Waals surface area contributed by atoms with E-state index in [9.17, 15) is 4.79 Å². The third-order valence-electron chi connectivity index (χ3n) is 2.43. The van der Waals surface area contributed by atoms with Gasteiger partial charge in [-0.05, 0) is 24.5 Å². The minimum absolute atomic E-state index is 0.112. The number of carbonyl (C=O) groups is 1. The molecule has 16 heavy (non-hydrogen) atoms. The number of amides is 1. The van der Waals surface area contributed by atoms with Crippen molar-refractivity contribution < 1.29 is 4.79 Å². The molecule has 4 nitrogen and oxygen atoms in total. The van der Waals surface area contributed by atoms with Crippen LogP contribution in [0.3, 0.4) is 0 Å². The van der Waals surface area contributed by atoms with Gasteiger partial charge in [-0.15, -0.1) is 0 Å². The molecule has 1 aromatic rings. The number of nitrogens with zero attached hydrogens (tertiary/aromatic N) is 2. The molecule has 0 aliphatic rings. The van der Waals surface area contributed by atoms with Gasteiger partial charge in [0.15, 0.2) is 5.69 Å². The molecule has 1 amide bonds. The van der Waals surface area contributed by atoms with Crippen molar-refractivity contribution in [2.45, 2.75) is 20.3 Å². The summed E-state index contributed by atoms with van der Waals surface area (Å²) in [5.74, 6) is 0.468. The Balaban J connectivity index is 2.67. The zero-order valence-corrected chi connectivity index (χ0v) is 10.1. The Labute approximate surface area is 96.5 Å². The highest BCUT2D eigenvalue weighted by atomic mass is 16.2. The molecule has 0 bridgehead atoms. The summed E-state index contributed by atoms with van der Waals surface area (Å²) in [6.07, 6.45) is 2.56. The average Bonchev–Trinajstić information content (AvgIpc) is 2.25. The topological polar surface area (TPSA) is 59.2 Å².